The van der Waals surface area contributed by atoms with Gasteiger partial charge in [0, 0.05) is 22.8 Å². The molecule has 1 fully saturated rings. The molecule has 1 aromatic heterocycles. The van der Waals surface area contributed by atoms with E-state index in [-0.39, 0.29) is 0 Å². The van der Waals surface area contributed by atoms with Gasteiger partial charge in [0.25, 0.3) is 0 Å². The Labute approximate surface area is 89.6 Å². The van der Waals surface area contributed by atoms with Crippen LogP contribution in [0.3, 0.4) is 0 Å². The van der Waals surface area contributed by atoms with Gasteiger partial charge in [-0.05, 0) is 43.8 Å². The van der Waals surface area contributed by atoms with Gasteiger partial charge in [-0.3, -0.25) is 9.71 Å². The van der Waals surface area contributed by atoms with Crippen LogP contribution in [0.5, 0.6) is 0 Å². The highest BCUT2D eigenvalue weighted by Gasteiger charge is 2.14. The summed E-state index contributed by atoms with van der Waals surface area (Å²) in [6.07, 6.45) is 7.34. The Morgan fingerprint density at radius 3 is 2.79 bits per heavy atom. The molecule has 76 valence electrons. The first-order valence-electron chi connectivity index (χ1n) is 5.19. The Hall–Kier alpha value is -0.540. The van der Waals surface area contributed by atoms with Crippen molar-refractivity contribution in [2.75, 3.05) is 0 Å². The number of nitrogens with one attached hydrogen (secondary N) is 1. The molecule has 1 aliphatic carbocycles. The SMILES string of the molecule is Cc1ccc(SNC2CCCC2)cn1. The van der Waals surface area contributed by atoms with Gasteiger partial charge in [-0.2, -0.15) is 0 Å². The summed E-state index contributed by atoms with van der Waals surface area (Å²) in [6, 6.07) is 4.88. The van der Waals surface area contributed by atoms with Crippen molar-refractivity contribution in [1.29, 1.82) is 0 Å². The van der Waals surface area contributed by atoms with E-state index in [1.807, 2.05) is 13.1 Å². The van der Waals surface area contributed by atoms with Crippen LogP contribution >= 0.6 is 11.9 Å². The summed E-state index contributed by atoms with van der Waals surface area (Å²) in [5, 5.41) is 0. The van der Waals surface area contributed by atoms with Crippen molar-refractivity contribution < 1.29 is 0 Å². The molecule has 0 aliphatic heterocycles. The maximum atomic E-state index is 4.26. The predicted octanol–water partition coefficient (Wildman–Crippen LogP) is 2.93. The quantitative estimate of drug-likeness (QED) is 0.773. The van der Waals surface area contributed by atoms with Crippen molar-refractivity contribution in [2.24, 2.45) is 0 Å². The van der Waals surface area contributed by atoms with Crippen molar-refractivity contribution in [3.05, 3.63) is 24.0 Å². The second kappa shape index (κ2) is 4.80. The Morgan fingerprint density at radius 2 is 2.14 bits per heavy atom. The number of nitrogens with zero attached hydrogens (tertiary/aromatic N) is 1. The number of pyridine rings is 1. The lowest BCUT2D eigenvalue weighted by molar-refractivity contribution is 0.657. The first kappa shape index (κ1) is 9.99. The lowest BCUT2D eigenvalue weighted by Crippen LogP contribution is -2.18. The minimum Gasteiger partial charge on any atom is -0.260 e. The smallest absolute Gasteiger partial charge is 0.0420 e. The van der Waals surface area contributed by atoms with E-state index in [0.29, 0.717) is 6.04 Å². The summed E-state index contributed by atoms with van der Waals surface area (Å²) in [7, 11) is 0. The molecule has 1 aliphatic rings. The first-order valence-corrected chi connectivity index (χ1v) is 6.01. The average molecular weight is 208 g/mol. The summed E-state index contributed by atoms with van der Waals surface area (Å²) in [4.78, 5) is 5.47. The third-order valence-corrected chi connectivity index (χ3v) is 3.51. The summed E-state index contributed by atoms with van der Waals surface area (Å²) < 4.78 is 3.49. The van der Waals surface area contributed by atoms with Crippen LogP contribution in [0.15, 0.2) is 23.2 Å². The topological polar surface area (TPSA) is 24.9 Å². The van der Waals surface area contributed by atoms with Crippen molar-refractivity contribution in [3.8, 4) is 0 Å². The van der Waals surface area contributed by atoms with Gasteiger partial charge >= 0.3 is 0 Å². The van der Waals surface area contributed by atoms with Gasteiger partial charge in [0.15, 0.2) is 0 Å². The minimum absolute atomic E-state index is 0.710. The maximum absolute atomic E-state index is 4.26. The number of aromatic nitrogens is 1. The van der Waals surface area contributed by atoms with E-state index in [1.165, 1.54) is 30.6 Å². The number of aryl methyl sites for hydroxylation is 1. The van der Waals surface area contributed by atoms with Crippen LogP contribution in [-0.4, -0.2) is 11.0 Å². The summed E-state index contributed by atoms with van der Waals surface area (Å²) in [5.74, 6) is 0. The third kappa shape index (κ3) is 2.72. The third-order valence-electron chi connectivity index (χ3n) is 2.58. The molecule has 0 spiro atoms. The number of hydrogen-bond acceptors (Lipinski definition) is 3. The fourth-order valence-corrected chi connectivity index (χ4v) is 2.49. The molecule has 0 atom stereocenters. The van der Waals surface area contributed by atoms with E-state index < -0.39 is 0 Å². The van der Waals surface area contributed by atoms with E-state index in [0.717, 1.165) is 5.69 Å². The predicted molar refractivity (Wildman–Crippen MR) is 60.2 cm³/mol. The van der Waals surface area contributed by atoms with Crippen LogP contribution in [0.2, 0.25) is 0 Å². The maximum Gasteiger partial charge on any atom is 0.0420 e. The zero-order chi connectivity index (χ0) is 9.80. The van der Waals surface area contributed by atoms with E-state index in [1.54, 1.807) is 11.9 Å². The molecule has 0 aromatic carbocycles. The molecule has 1 saturated carbocycles. The van der Waals surface area contributed by atoms with Gasteiger partial charge in [-0.1, -0.05) is 12.8 Å². The molecule has 1 N–H and O–H groups in total. The fourth-order valence-electron chi connectivity index (χ4n) is 1.71. The van der Waals surface area contributed by atoms with E-state index in [4.69, 9.17) is 0 Å². The van der Waals surface area contributed by atoms with Crippen molar-refractivity contribution in [3.63, 3.8) is 0 Å². The highest BCUT2D eigenvalue weighted by Crippen LogP contribution is 2.22. The fraction of sp³-hybridized carbons (Fsp3) is 0.545. The van der Waals surface area contributed by atoms with Gasteiger partial charge in [0.05, 0.1) is 0 Å². The lowest BCUT2D eigenvalue weighted by atomic mass is 10.3. The number of hydrogen-bond donors (Lipinski definition) is 1. The van der Waals surface area contributed by atoms with E-state index in [2.05, 4.69) is 21.8 Å². The van der Waals surface area contributed by atoms with Crippen LogP contribution in [0.4, 0.5) is 0 Å². The summed E-state index contributed by atoms with van der Waals surface area (Å²) in [5.41, 5.74) is 1.08. The number of rotatable bonds is 3. The van der Waals surface area contributed by atoms with Crippen LogP contribution in [-0.2, 0) is 0 Å². The highest BCUT2D eigenvalue weighted by atomic mass is 32.2. The molecule has 2 rings (SSSR count). The highest BCUT2D eigenvalue weighted by molar-refractivity contribution is 7.97. The molecule has 0 unspecified atom stereocenters. The molecule has 0 saturated heterocycles. The summed E-state index contributed by atoms with van der Waals surface area (Å²) in [6.45, 7) is 2.01. The van der Waals surface area contributed by atoms with Crippen LogP contribution < -0.4 is 4.72 Å². The standard InChI is InChI=1S/C11H16N2S/c1-9-6-7-11(8-12-9)14-13-10-4-2-3-5-10/h6-8,10,13H,2-5H2,1H3. The van der Waals surface area contributed by atoms with Gasteiger partial charge in [-0.25, -0.2) is 0 Å². The Kier molecular flexibility index (Phi) is 3.43. The Morgan fingerprint density at radius 1 is 1.36 bits per heavy atom. The molecule has 2 nitrogen and oxygen atoms in total. The van der Waals surface area contributed by atoms with Gasteiger partial charge < -0.3 is 0 Å². The zero-order valence-corrected chi connectivity index (χ0v) is 9.31. The minimum atomic E-state index is 0.710. The second-order valence-corrected chi connectivity index (χ2v) is 4.75. The normalized spacial score (nSPS) is 17.5. The average Bonchev–Trinajstić information content (AvgIpc) is 2.70. The van der Waals surface area contributed by atoms with E-state index in [9.17, 15) is 0 Å². The Bertz CT molecular complexity index is 278. The van der Waals surface area contributed by atoms with Crippen LogP contribution in [0.1, 0.15) is 31.4 Å². The molecule has 1 aromatic rings. The molecular formula is C11H16N2S. The lowest BCUT2D eigenvalue weighted by Gasteiger charge is -2.10. The summed E-state index contributed by atoms with van der Waals surface area (Å²) >= 11 is 1.71. The van der Waals surface area contributed by atoms with Gasteiger partial charge in [0.2, 0.25) is 0 Å². The molecule has 0 amide bonds. The molecule has 0 radical (unpaired) electrons. The largest absolute Gasteiger partial charge is 0.260 e. The van der Waals surface area contributed by atoms with Crippen molar-refractivity contribution >= 4 is 11.9 Å². The van der Waals surface area contributed by atoms with Crippen LogP contribution in [0.25, 0.3) is 0 Å². The molecule has 14 heavy (non-hydrogen) atoms. The Balaban J connectivity index is 1.82. The molecule has 0 bridgehead atoms. The van der Waals surface area contributed by atoms with Gasteiger partial charge in [0.1, 0.15) is 0 Å². The second-order valence-electron chi connectivity index (χ2n) is 3.84. The molecule has 3 heteroatoms. The van der Waals surface area contributed by atoms with Crippen molar-refractivity contribution in [2.45, 2.75) is 43.5 Å². The molecule has 1 heterocycles. The van der Waals surface area contributed by atoms with Gasteiger partial charge in [-0.15, -0.1) is 0 Å². The monoisotopic (exact) mass is 208 g/mol. The van der Waals surface area contributed by atoms with Crippen molar-refractivity contribution in [1.82, 2.24) is 9.71 Å². The zero-order valence-electron chi connectivity index (χ0n) is 8.49. The first-order chi connectivity index (χ1) is 6.84. The van der Waals surface area contributed by atoms with E-state index >= 15 is 0 Å². The van der Waals surface area contributed by atoms with Crippen LogP contribution in [0, 0.1) is 6.92 Å². The molecular weight excluding hydrogens is 192 g/mol.